The van der Waals surface area contributed by atoms with Gasteiger partial charge in [-0.05, 0) is 32.3 Å². The topological polar surface area (TPSA) is 38.0 Å². The summed E-state index contributed by atoms with van der Waals surface area (Å²) in [6.45, 7) is 7.55. The second kappa shape index (κ2) is 5.77. The van der Waals surface area contributed by atoms with Crippen molar-refractivity contribution < 1.29 is 4.39 Å². The largest absolute Gasteiger partial charge is 0.271 e. The van der Waals surface area contributed by atoms with Crippen molar-refractivity contribution in [3.05, 3.63) is 47.3 Å². The van der Waals surface area contributed by atoms with E-state index in [4.69, 9.17) is 5.84 Å². The van der Waals surface area contributed by atoms with E-state index in [1.807, 2.05) is 13.0 Å². The first kappa shape index (κ1) is 12.9. The summed E-state index contributed by atoms with van der Waals surface area (Å²) in [6, 6.07) is 5.21. The van der Waals surface area contributed by atoms with Crippen LogP contribution < -0.4 is 11.3 Å². The smallest absolute Gasteiger partial charge is 0.130 e. The van der Waals surface area contributed by atoms with E-state index >= 15 is 0 Å². The van der Waals surface area contributed by atoms with Crippen LogP contribution in [0, 0.1) is 12.7 Å². The Labute approximate surface area is 96.3 Å². The Hall–Kier alpha value is -1.19. The third kappa shape index (κ3) is 3.15. The molecule has 1 aromatic rings. The fourth-order valence-corrected chi connectivity index (χ4v) is 1.66. The van der Waals surface area contributed by atoms with Crippen LogP contribution in [0.4, 0.5) is 4.39 Å². The van der Waals surface area contributed by atoms with E-state index in [9.17, 15) is 4.39 Å². The van der Waals surface area contributed by atoms with Gasteiger partial charge in [-0.1, -0.05) is 23.8 Å². The molecule has 0 aliphatic heterocycles. The van der Waals surface area contributed by atoms with Gasteiger partial charge in [0, 0.05) is 11.6 Å². The van der Waals surface area contributed by atoms with Crippen LogP contribution in [0.15, 0.2) is 30.4 Å². The third-order valence-electron chi connectivity index (χ3n) is 2.66. The van der Waals surface area contributed by atoms with Crippen molar-refractivity contribution in [1.82, 2.24) is 5.43 Å². The number of nitrogens with two attached hydrogens (primary N) is 1. The van der Waals surface area contributed by atoms with Gasteiger partial charge in [-0.15, -0.1) is 6.58 Å². The molecule has 3 heteroatoms. The van der Waals surface area contributed by atoms with Gasteiger partial charge in [-0.2, -0.15) is 0 Å². The zero-order valence-electron chi connectivity index (χ0n) is 9.89. The zero-order chi connectivity index (χ0) is 12.1. The first-order valence-corrected chi connectivity index (χ1v) is 5.41. The van der Waals surface area contributed by atoms with E-state index < -0.39 is 0 Å². The van der Waals surface area contributed by atoms with Crippen LogP contribution in [-0.4, -0.2) is 0 Å². The SMILES string of the molecule is C=C(C)CCC(NN)c1cccc(C)c1F. The predicted molar refractivity (Wildman–Crippen MR) is 65.2 cm³/mol. The third-order valence-corrected chi connectivity index (χ3v) is 2.66. The minimum absolute atomic E-state index is 0.156. The number of hydrogen-bond acceptors (Lipinski definition) is 2. The number of nitrogens with one attached hydrogen (secondary N) is 1. The monoisotopic (exact) mass is 222 g/mol. The molecule has 0 amide bonds. The maximum Gasteiger partial charge on any atom is 0.130 e. The maximum absolute atomic E-state index is 13.8. The molecular formula is C13H19FN2. The van der Waals surface area contributed by atoms with E-state index in [-0.39, 0.29) is 11.9 Å². The molecule has 0 saturated carbocycles. The second-order valence-corrected chi connectivity index (χ2v) is 4.19. The van der Waals surface area contributed by atoms with Gasteiger partial charge >= 0.3 is 0 Å². The van der Waals surface area contributed by atoms with Crippen LogP contribution in [-0.2, 0) is 0 Å². The fourth-order valence-electron chi connectivity index (χ4n) is 1.66. The van der Waals surface area contributed by atoms with Gasteiger partial charge in [0.05, 0.1) is 0 Å². The van der Waals surface area contributed by atoms with Crippen LogP contribution in [0.3, 0.4) is 0 Å². The van der Waals surface area contributed by atoms with Gasteiger partial charge in [0.2, 0.25) is 0 Å². The molecule has 1 rings (SSSR count). The average molecular weight is 222 g/mol. The van der Waals surface area contributed by atoms with Crippen molar-refractivity contribution in [3.63, 3.8) is 0 Å². The van der Waals surface area contributed by atoms with E-state index in [1.54, 1.807) is 19.1 Å². The van der Waals surface area contributed by atoms with Gasteiger partial charge in [0.1, 0.15) is 5.82 Å². The Kier molecular flexibility index (Phi) is 4.65. The van der Waals surface area contributed by atoms with Crippen LogP contribution in [0.2, 0.25) is 0 Å². The summed E-state index contributed by atoms with van der Waals surface area (Å²) in [7, 11) is 0. The van der Waals surface area contributed by atoms with Crippen molar-refractivity contribution in [2.24, 2.45) is 5.84 Å². The number of hydrazine groups is 1. The Morgan fingerprint density at radius 3 is 2.81 bits per heavy atom. The summed E-state index contributed by atoms with van der Waals surface area (Å²) < 4.78 is 13.8. The lowest BCUT2D eigenvalue weighted by atomic mass is 9.98. The number of rotatable bonds is 5. The molecule has 88 valence electrons. The molecule has 0 spiro atoms. The first-order valence-electron chi connectivity index (χ1n) is 5.41. The van der Waals surface area contributed by atoms with Gasteiger partial charge < -0.3 is 0 Å². The molecule has 1 aromatic carbocycles. The molecule has 0 aliphatic carbocycles. The van der Waals surface area contributed by atoms with Crippen LogP contribution >= 0.6 is 0 Å². The van der Waals surface area contributed by atoms with Gasteiger partial charge in [0.15, 0.2) is 0 Å². The Bertz CT molecular complexity index is 374. The normalized spacial score (nSPS) is 12.5. The lowest BCUT2D eigenvalue weighted by molar-refractivity contribution is 0.483. The molecule has 0 fully saturated rings. The molecule has 0 saturated heterocycles. The highest BCUT2D eigenvalue weighted by molar-refractivity contribution is 5.27. The summed E-state index contributed by atoms with van der Waals surface area (Å²) in [4.78, 5) is 0. The first-order chi connectivity index (χ1) is 7.56. The number of aryl methyl sites for hydroxylation is 1. The quantitative estimate of drug-likeness (QED) is 0.456. The maximum atomic E-state index is 13.8. The average Bonchev–Trinajstić information content (AvgIpc) is 2.24. The molecule has 1 unspecified atom stereocenters. The summed E-state index contributed by atoms with van der Waals surface area (Å²) in [5.74, 6) is 5.29. The number of hydrogen-bond donors (Lipinski definition) is 2. The highest BCUT2D eigenvalue weighted by atomic mass is 19.1. The molecule has 0 aliphatic rings. The molecule has 3 N–H and O–H groups in total. The Morgan fingerprint density at radius 1 is 1.56 bits per heavy atom. The predicted octanol–water partition coefficient (Wildman–Crippen LogP) is 2.99. The second-order valence-electron chi connectivity index (χ2n) is 4.19. The van der Waals surface area contributed by atoms with Gasteiger partial charge in [-0.3, -0.25) is 11.3 Å². The van der Waals surface area contributed by atoms with Crippen molar-refractivity contribution in [1.29, 1.82) is 0 Å². The lowest BCUT2D eigenvalue weighted by Crippen LogP contribution is -2.28. The van der Waals surface area contributed by atoms with Crippen molar-refractivity contribution >= 4 is 0 Å². The van der Waals surface area contributed by atoms with E-state index in [2.05, 4.69) is 12.0 Å². The fraction of sp³-hybridized carbons (Fsp3) is 0.385. The van der Waals surface area contributed by atoms with Gasteiger partial charge in [-0.25, -0.2) is 4.39 Å². The number of allylic oxidation sites excluding steroid dienone is 1. The Morgan fingerprint density at radius 2 is 2.25 bits per heavy atom. The van der Waals surface area contributed by atoms with Crippen LogP contribution in [0.1, 0.15) is 36.9 Å². The minimum Gasteiger partial charge on any atom is -0.271 e. The molecule has 1 atom stereocenters. The number of halogens is 1. The highest BCUT2D eigenvalue weighted by Crippen LogP contribution is 2.23. The van der Waals surface area contributed by atoms with E-state index in [1.165, 1.54) is 0 Å². The molecule has 0 radical (unpaired) electrons. The van der Waals surface area contributed by atoms with Crippen molar-refractivity contribution in [2.75, 3.05) is 0 Å². The molecule has 16 heavy (non-hydrogen) atoms. The summed E-state index contributed by atoms with van der Waals surface area (Å²) in [5.41, 5.74) is 5.01. The van der Waals surface area contributed by atoms with E-state index in [0.717, 1.165) is 18.4 Å². The molecule has 2 nitrogen and oxygen atoms in total. The van der Waals surface area contributed by atoms with Gasteiger partial charge in [0.25, 0.3) is 0 Å². The molecule has 0 heterocycles. The number of benzene rings is 1. The summed E-state index contributed by atoms with van der Waals surface area (Å²) in [6.07, 6.45) is 1.59. The molecule has 0 bridgehead atoms. The summed E-state index contributed by atoms with van der Waals surface area (Å²) in [5, 5.41) is 0. The lowest BCUT2D eigenvalue weighted by Gasteiger charge is -2.17. The molecule has 0 aromatic heterocycles. The van der Waals surface area contributed by atoms with Crippen molar-refractivity contribution in [3.8, 4) is 0 Å². The van der Waals surface area contributed by atoms with Crippen LogP contribution in [0.5, 0.6) is 0 Å². The van der Waals surface area contributed by atoms with Crippen molar-refractivity contribution in [2.45, 2.75) is 32.7 Å². The van der Waals surface area contributed by atoms with E-state index in [0.29, 0.717) is 11.1 Å². The Balaban J connectivity index is 2.86. The standard InChI is InChI=1S/C13H19FN2/c1-9(2)7-8-12(16-15)11-6-4-5-10(3)13(11)14/h4-6,12,16H,1,7-8,15H2,2-3H3. The highest BCUT2D eigenvalue weighted by Gasteiger charge is 2.15. The van der Waals surface area contributed by atoms with Crippen LogP contribution in [0.25, 0.3) is 0 Å². The minimum atomic E-state index is -0.174. The zero-order valence-corrected chi connectivity index (χ0v) is 9.89. The summed E-state index contributed by atoms with van der Waals surface area (Å²) >= 11 is 0. The molecular weight excluding hydrogens is 203 g/mol.